The molecule has 180 valence electrons. The minimum atomic E-state index is -3.96. The summed E-state index contributed by atoms with van der Waals surface area (Å²) in [6.45, 7) is 0.512. The van der Waals surface area contributed by atoms with Crippen LogP contribution in [0.5, 0.6) is 0 Å². The highest BCUT2D eigenvalue weighted by atomic mass is 79.9. The number of ketones is 1. The number of halogens is 2. The van der Waals surface area contributed by atoms with E-state index in [9.17, 15) is 13.2 Å². The zero-order chi connectivity index (χ0) is 24.3. The van der Waals surface area contributed by atoms with E-state index in [1.165, 1.54) is 12.5 Å². The van der Waals surface area contributed by atoms with Crippen LogP contribution >= 0.6 is 27.5 Å². The summed E-state index contributed by atoms with van der Waals surface area (Å²) in [6, 6.07) is 7.26. The van der Waals surface area contributed by atoms with Crippen molar-refractivity contribution >= 4 is 49.4 Å². The maximum absolute atomic E-state index is 13.2. The Morgan fingerprint density at radius 2 is 2.15 bits per heavy atom. The lowest BCUT2D eigenvalue weighted by Gasteiger charge is -2.15. The second-order valence-corrected chi connectivity index (χ2v) is 10.5. The predicted molar refractivity (Wildman–Crippen MR) is 130 cm³/mol. The lowest BCUT2D eigenvalue weighted by atomic mass is 10.1. The maximum atomic E-state index is 13.2. The third kappa shape index (κ3) is 6.39. The van der Waals surface area contributed by atoms with Gasteiger partial charge in [0.25, 0.3) is 0 Å². The van der Waals surface area contributed by atoms with Gasteiger partial charge in [0.2, 0.25) is 5.78 Å². The van der Waals surface area contributed by atoms with Gasteiger partial charge in [0, 0.05) is 22.9 Å². The van der Waals surface area contributed by atoms with Crippen LogP contribution in [-0.4, -0.2) is 46.6 Å². The van der Waals surface area contributed by atoms with Crippen LogP contribution in [0.2, 0.25) is 5.02 Å². The summed E-state index contributed by atoms with van der Waals surface area (Å²) in [6.07, 6.45) is 6.78. The summed E-state index contributed by atoms with van der Waals surface area (Å²) in [5.74, 6) is 0.154. The molecule has 0 spiro atoms. The Morgan fingerprint density at radius 1 is 1.32 bits per heavy atom. The molecule has 4 rings (SSSR count). The highest BCUT2D eigenvalue weighted by Crippen LogP contribution is 2.29. The van der Waals surface area contributed by atoms with E-state index >= 15 is 0 Å². The predicted octanol–water partition coefficient (Wildman–Crippen LogP) is 3.17. The Labute approximate surface area is 210 Å². The number of hydrogen-bond acceptors (Lipinski definition) is 8. The van der Waals surface area contributed by atoms with Gasteiger partial charge in [0.1, 0.15) is 17.8 Å². The van der Waals surface area contributed by atoms with Crippen LogP contribution < -0.4 is 10.5 Å². The molecule has 1 saturated carbocycles. The average molecular weight is 570 g/mol. The molecule has 0 unspecified atom stereocenters. The van der Waals surface area contributed by atoms with Crippen molar-refractivity contribution in [2.75, 3.05) is 11.9 Å². The number of carbonyl (C=O) groups excluding carboxylic acids is 1. The number of benzene rings is 1. The minimum absolute atomic E-state index is 0.0106. The number of carbonyl (C=O) groups is 1. The number of rotatable bonds is 9. The van der Waals surface area contributed by atoms with Crippen LogP contribution in [0.25, 0.3) is 0 Å². The Morgan fingerprint density at radius 3 is 2.91 bits per heavy atom. The molecule has 13 heteroatoms. The first-order valence-electron chi connectivity index (χ1n) is 10.4. The third-order valence-corrected chi connectivity index (χ3v) is 7.19. The first kappa shape index (κ1) is 24.7. The zero-order valence-corrected chi connectivity index (χ0v) is 21.1. The molecule has 1 aromatic carbocycles. The van der Waals surface area contributed by atoms with Gasteiger partial charge in [0.05, 0.1) is 23.7 Å². The van der Waals surface area contributed by atoms with E-state index in [0.29, 0.717) is 29.4 Å². The fourth-order valence-electron chi connectivity index (χ4n) is 3.89. The van der Waals surface area contributed by atoms with E-state index in [1.54, 1.807) is 23.0 Å². The first-order chi connectivity index (χ1) is 16.2. The maximum Gasteiger partial charge on any atom is 0.333 e. The summed E-state index contributed by atoms with van der Waals surface area (Å²) in [7, 11) is -3.96. The largest absolute Gasteiger partial charge is 0.367 e. The minimum Gasteiger partial charge on any atom is -0.367 e. The lowest BCUT2D eigenvalue weighted by Crippen LogP contribution is -2.22. The highest BCUT2D eigenvalue weighted by molar-refractivity contribution is 9.10. The summed E-state index contributed by atoms with van der Waals surface area (Å²) in [5.41, 5.74) is 1.56. The van der Waals surface area contributed by atoms with Crippen molar-refractivity contribution in [1.82, 2.24) is 19.7 Å². The van der Waals surface area contributed by atoms with Gasteiger partial charge in [0.15, 0.2) is 0 Å². The van der Waals surface area contributed by atoms with E-state index < -0.39 is 10.3 Å². The molecule has 0 amide bonds. The molecule has 1 aliphatic carbocycles. The Balaban J connectivity index is 1.42. The number of hydrogen-bond donors (Lipinski definition) is 2. The van der Waals surface area contributed by atoms with Gasteiger partial charge in [-0.05, 0) is 64.9 Å². The van der Waals surface area contributed by atoms with E-state index in [-0.39, 0.29) is 30.0 Å². The Bertz CT molecular complexity index is 1300. The van der Waals surface area contributed by atoms with E-state index in [4.69, 9.17) is 20.9 Å². The molecular formula is C21H22BrClN6O4S. The molecule has 0 aliphatic heterocycles. The van der Waals surface area contributed by atoms with Crippen LogP contribution in [0.3, 0.4) is 0 Å². The van der Waals surface area contributed by atoms with Crippen molar-refractivity contribution in [3.05, 3.63) is 69.3 Å². The van der Waals surface area contributed by atoms with Crippen molar-refractivity contribution in [2.45, 2.75) is 31.8 Å². The van der Waals surface area contributed by atoms with Crippen molar-refractivity contribution in [1.29, 1.82) is 0 Å². The number of aromatic nitrogens is 4. The third-order valence-electron chi connectivity index (χ3n) is 5.51. The van der Waals surface area contributed by atoms with Crippen molar-refractivity contribution in [3.8, 4) is 0 Å². The van der Waals surface area contributed by atoms with Gasteiger partial charge in [-0.3, -0.25) is 13.7 Å². The lowest BCUT2D eigenvalue weighted by molar-refractivity contribution is 0.103. The van der Waals surface area contributed by atoms with Crippen molar-refractivity contribution in [3.63, 3.8) is 0 Å². The quantitative estimate of drug-likeness (QED) is 0.374. The second kappa shape index (κ2) is 10.5. The highest BCUT2D eigenvalue weighted by Gasteiger charge is 2.28. The van der Waals surface area contributed by atoms with Crippen molar-refractivity contribution < 1.29 is 17.4 Å². The van der Waals surface area contributed by atoms with Gasteiger partial charge >= 0.3 is 10.3 Å². The Kier molecular flexibility index (Phi) is 7.63. The SMILES string of the molecule is NS(=O)(=O)OC[C@@H]1CC[C@H](Nc2ncncc2C(=O)c2ccn(Cc3ccc(Cl)c(Br)c3)n2)C1. The number of nitrogens with zero attached hydrogens (tertiary/aromatic N) is 4. The topological polar surface area (TPSA) is 142 Å². The monoisotopic (exact) mass is 568 g/mol. The zero-order valence-electron chi connectivity index (χ0n) is 17.9. The van der Waals surface area contributed by atoms with Gasteiger partial charge < -0.3 is 5.32 Å². The Hall–Kier alpha value is -2.38. The van der Waals surface area contributed by atoms with E-state index in [1.807, 2.05) is 12.1 Å². The smallest absolute Gasteiger partial charge is 0.333 e. The molecule has 10 nitrogen and oxygen atoms in total. The molecule has 1 aliphatic rings. The molecule has 2 aromatic heterocycles. The molecule has 3 aromatic rings. The van der Waals surface area contributed by atoms with E-state index in [0.717, 1.165) is 22.9 Å². The molecule has 0 radical (unpaired) electrons. The average Bonchev–Trinajstić information content (AvgIpc) is 3.44. The molecule has 2 atom stereocenters. The summed E-state index contributed by atoms with van der Waals surface area (Å²) >= 11 is 9.45. The standard InChI is InChI=1S/C21H22BrClN6O4S/c22-17-8-13(2-4-18(17)23)10-29-6-5-19(28-29)20(30)16-9-25-12-26-21(16)27-15-3-1-14(7-15)11-33-34(24,31)32/h2,4-6,8-9,12,14-15H,1,3,7,10-11H2,(H2,24,31,32)(H,25,26,27)/t14-,15+/m1/s1. The number of nitrogens with one attached hydrogen (secondary N) is 1. The van der Waals surface area contributed by atoms with Crippen molar-refractivity contribution in [2.24, 2.45) is 11.1 Å². The number of anilines is 1. The fraction of sp³-hybridized carbons (Fsp3) is 0.333. The summed E-state index contributed by atoms with van der Waals surface area (Å²) in [4.78, 5) is 21.4. The fourth-order valence-corrected chi connectivity index (χ4v) is 4.81. The molecule has 0 saturated heterocycles. The van der Waals surface area contributed by atoms with Gasteiger partial charge in [-0.25, -0.2) is 15.1 Å². The van der Waals surface area contributed by atoms with Crippen LogP contribution in [0.15, 0.2) is 47.5 Å². The molecule has 2 heterocycles. The second-order valence-electron chi connectivity index (χ2n) is 8.06. The molecular weight excluding hydrogens is 548 g/mol. The molecule has 34 heavy (non-hydrogen) atoms. The van der Waals surface area contributed by atoms with Gasteiger partial charge in [-0.2, -0.15) is 13.5 Å². The van der Waals surface area contributed by atoms with E-state index in [2.05, 4.69) is 36.3 Å². The van der Waals surface area contributed by atoms with Crippen LogP contribution in [0, 0.1) is 5.92 Å². The summed E-state index contributed by atoms with van der Waals surface area (Å²) in [5, 5.41) is 13.2. The van der Waals surface area contributed by atoms with Gasteiger partial charge in [-0.1, -0.05) is 17.7 Å². The molecule has 3 N–H and O–H groups in total. The molecule has 0 bridgehead atoms. The van der Waals surface area contributed by atoms with Gasteiger partial charge in [-0.15, -0.1) is 0 Å². The normalized spacial score (nSPS) is 18.2. The number of nitrogens with two attached hydrogens (primary N) is 1. The first-order valence-corrected chi connectivity index (χ1v) is 13.1. The van der Waals surface area contributed by atoms with Crippen LogP contribution in [0.1, 0.15) is 40.9 Å². The molecule has 1 fully saturated rings. The summed E-state index contributed by atoms with van der Waals surface area (Å²) < 4.78 is 29.2. The van der Waals surface area contributed by atoms with Crippen LogP contribution in [-0.2, 0) is 21.0 Å². The van der Waals surface area contributed by atoms with Crippen LogP contribution in [0.4, 0.5) is 5.82 Å².